The number of primary amides is 1. The van der Waals surface area contributed by atoms with Crippen LogP contribution < -0.4 is 11.1 Å². The van der Waals surface area contributed by atoms with E-state index in [1.807, 2.05) is 0 Å². The lowest BCUT2D eigenvalue weighted by atomic mass is 10.0. The van der Waals surface area contributed by atoms with Crippen LogP contribution in [0.25, 0.3) is 0 Å². The highest BCUT2D eigenvalue weighted by Gasteiger charge is 2.22. The van der Waals surface area contributed by atoms with E-state index in [-0.39, 0.29) is 5.91 Å². The number of carbonyl (C=O) groups is 1. The van der Waals surface area contributed by atoms with Gasteiger partial charge in [-0.2, -0.15) is 0 Å². The summed E-state index contributed by atoms with van der Waals surface area (Å²) < 4.78 is 0. The summed E-state index contributed by atoms with van der Waals surface area (Å²) in [6.45, 7) is 7.22. The van der Waals surface area contributed by atoms with E-state index in [1.165, 1.54) is 32.5 Å². The van der Waals surface area contributed by atoms with Gasteiger partial charge < -0.3 is 16.0 Å². The van der Waals surface area contributed by atoms with Gasteiger partial charge in [-0.15, -0.1) is 0 Å². The molecule has 0 aromatic carbocycles. The van der Waals surface area contributed by atoms with E-state index in [9.17, 15) is 4.79 Å². The van der Waals surface area contributed by atoms with Crippen LogP contribution in [0, 0.1) is 0 Å². The molecule has 0 radical (unpaired) electrons. The van der Waals surface area contributed by atoms with Gasteiger partial charge in [-0.05, 0) is 64.8 Å². The molecule has 0 atom stereocenters. The van der Waals surface area contributed by atoms with E-state index in [2.05, 4.69) is 15.1 Å². The highest BCUT2D eigenvalue weighted by molar-refractivity contribution is 5.75. The van der Waals surface area contributed by atoms with Crippen molar-refractivity contribution in [3.05, 3.63) is 0 Å². The van der Waals surface area contributed by atoms with Crippen LogP contribution in [0.4, 0.5) is 0 Å². The first kappa shape index (κ1) is 14.8. The van der Waals surface area contributed by atoms with Crippen LogP contribution in [-0.2, 0) is 4.79 Å². The van der Waals surface area contributed by atoms with Crippen molar-refractivity contribution in [3.8, 4) is 0 Å². The summed E-state index contributed by atoms with van der Waals surface area (Å²) in [6.07, 6.45) is 6.11. The Balaban J connectivity index is 1.73. The van der Waals surface area contributed by atoms with Crippen LogP contribution >= 0.6 is 0 Å². The Kier molecular flexibility index (Phi) is 6.07. The molecule has 0 aromatic heterocycles. The SMILES string of the molecule is NC(=O)CN(CCCN1CCCC1)C1CCNCC1. The van der Waals surface area contributed by atoms with Crippen LogP contribution in [0.5, 0.6) is 0 Å². The number of carbonyl (C=O) groups excluding carboxylic acids is 1. The van der Waals surface area contributed by atoms with Crippen molar-refractivity contribution in [2.24, 2.45) is 5.73 Å². The highest BCUT2D eigenvalue weighted by atomic mass is 16.1. The second-order valence-electron chi connectivity index (χ2n) is 5.82. The Morgan fingerprint density at radius 2 is 1.95 bits per heavy atom. The largest absolute Gasteiger partial charge is 0.369 e. The zero-order chi connectivity index (χ0) is 13.5. The molecule has 0 saturated carbocycles. The van der Waals surface area contributed by atoms with Gasteiger partial charge in [-0.3, -0.25) is 9.69 Å². The molecule has 2 rings (SSSR count). The normalized spacial score (nSPS) is 22.2. The second kappa shape index (κ2) is 7.82. The molecule has 3 N–H and O–H groups in total. The fourth-order valence-corrected chi connectivity index (χ4v) is 3.27. The average molecular weight is 268 g/mol. The van der Waals surface area contributed by atoms with Crippen molar-refractivity contribution >= 4 is 5.91 Å². The van der Waals surface area contributed by atoms with E-state index in [0.717, 1.165) is 38.9 Å². The molecule has 0 aliphatic carbocycles. The summed E-state index contributed by atoms with van der Waals surface area (Å²) in [7, 11) is 0. The van der Waals surface area contributed by atoms with Crippen molar-refractivity contribution in [1.82, 2.24) is 15.1 Å². The Bertz CT molecular complexity index is 273. The Hall–Kier alpha value is -0.650. The molecule has 110 valence electrons. The van der Waals surface area contributed by atoms with Gasteiger partial charge in [-0.1, -0.05) is 0 Å². The maximum Gasteiger partial charge on any atom is 0.231 e. The number of hydrogen-bond acceptors (Lipinski definition) is 4. The van der Waals surface area contributed by atoms with Crippen LogP contribution in [0.1, 0.15) is 32.1 Å². The maximum absolute atomic E-state index is 11.2. The molecular weight excluding hydrogens is 240 g/mol. The minimum Gasteiger partial charge on any atom is -0.369 e. The van der Waals surface area contributed by atoms with Gasteiger partial charge in [-0.25, -0.2) is 0 Å². The predicted octanol–water partition coefficient (Wildman–Crippen LogP) is 0.0116. The summed E-state index contributed by atoms with van der Waals surface area (Å²) in [5, 5.41) is 3.37. The van der Waals surface area contributed by atoms with Crippen LogP contribution in [0.2, 0.25) is 0 Å². The molecule has 0 spiro atoms. The minimum atomic E-state index is -0.195. The fraction of sp³-hybridized carbons (Fsp3) is 0.929. The molecule has 2 fully saturated rings. The van der Waals surface area contributed by atoms with Crippen LogP contribution in [0.15, 0.2) is 0 Å². The van der Waals surface area contributed by atoms with E-state index < -0.39 is 0 Å². The lowest BCUT2D eigenvalue weighted by Crippen LogP contribution is -2.47. The predicted molar refractivity (Wildman–Crippen MR) is 77.0 cm³/mol. The lowest BCUT2D eigenvalue weighted by Gasteiger charge is -2.34. The zero-order valence-electron chi connectivity index (χ0n) is 11.9. The number of nitrogens with zero attached hydrogens (tertiary/aromatic N) is 2. The molecule has 2 aliphatic rings. The second-order valence-corrected chi connectivity index (χ2v) is 5.82. The number of nitrogens with one attached hydrogen (secondary N) is 1. The molecule has 0 bridgehead atoms. The first-order valence-corrected chi connectivity index (χ1v) is 7.71. The monoisotopic (exact) mass is 268 g/mol. The smallest absolute Gasteiger partial charge is 0.231 e. The number of piperidine rings is 1. The standard InChI is InChI=1S/C14H28N4O/c15-14(19)12-18(13-4-6-16-7-5-13)11-3-10-17-8-1-2-9-17/h13,16H,1-12H2,(H2,15,19). The number of hydrogen-bond donors (Lipinski definition) is 2. The Morgan fingerprint density at radius 3 is 2.58 bits per heavy atom. The third-order valence-corrected chi connectivity index (χ3v) is 4.30. The fourth-order valence-electron chi connectivity index (χ4n) is 3.27. The van der Waals surface area contributed by atoms with Gasteiger partial charge in [0, 0.05) is 12.6 Å². The van der Waals surface area contributed by atoms with E-state index in [4.69, 9.17) is 5.73 Å². The summed E-state index contributed by atoms with van der Waals surface area (Å²) in [5.41, 5.74) is 5.39. The van der Waals surface area contributed by atoms with E-state index in [1.54, 1.807) is 0 Å². The first-order chi connectivity index (χ1) is 9.25. The third-order valence-electron chi connectivity index (χ3n) is 4.30. The third kappa shape index (κ3) is 5.09. The quantitative estimate of drug-likeness (QED) is 0.683. The summed E-state index contributed by atoms with van der Waals surface area (Å²) in [6, 6.07) is 0.535. The van der Waals surface area contributed by atoms with Gasteiger partial charge >= 0.3 is 0 Å². The molecular formula is C14H28N4O. The first-order valence-electron chi connectivity index (χ1n) is 7.71. The molecule has 19 heavy (non-hydrogen) atoms. The molecule has 5 nitrogen and oxygen atoms in total. The van der Waals surface area contributed by atoms with Crippen LogP contribution in [-0.4, -0.2) is 67.6 Å². The molecule has 5 heteroatoms. The van der Waals surface area contributed by atoms with E-state index in [0.29, 0.717) is 12.6 Å². The van der Waals surface area contributed by atoms with Crippen molar-refractivity contribution in [3.63, 3.8) is 0 Å². The van der Waals surface area contributed by atoms with Crippen molar-refractivity contribution in [2.45, 2.75) is 38.1 Å². The molecule has 2 aliphatic heterocycles. The molecule has 0 aromatic rings. The maximum atomic E-state index is 11.2. The van der Waals surface area contributed by atoms with Gasteiger partial charge in [0.1, 0.15) is 0 Å². The van der Waals surface area contributed by atoms with Gasteiger partial charge in [0.05, 0.1) is 6.54 Å². The summed E-state index contributed by atoms with van der Waals surface area (Å²) in [4.78, 5) is 16.1. The highest BCUT2D eigenvalue weighted by Crippen LogP contribution is 2.13. The van der Waals surface area contributed by atoms with Gasteiger partial charge in [0.2, 0.25) is 5.91 Å². The number of rotatable bonds is 7. The van der Waals surface area contributed by atoms with Crippen molar-refractivity contribution in [2.75, 3.05) is 45.8 Å². The summed E-state index contributed by atoms with van der Waals surface area (Å²) >= 11 is 0. The lowest BCUT2D eigenvalue weighted by molar-refractivity contribution is -0.119. The molecule has 2 heterocycles. The molecule has 0 unspecified atom stereocenters. The van der Waals surface area contributed by atoms with Crippen molar-refractivity contribution in [1.29, 1.82) is 0 Å². The topological polar surface area (TPSA) is 61.6 Å². The minimum absolute atomic E-state index is 0.195. The summed E-state index contributed by atoms with van der Waals surface area (Å²) in [5.74, 6) is -0.195. The zero-order valence-corrected chi connectivity index (χ0v) is 11.9. The van der Waals surface area contributed by atoms with Crippen LogP contribution in [0.3, 0.4) is 0 Å². The Morgan fingerprint density at radius 1 is 1.26 bits per heavy atom. The average Bonchev–Trinajstić information content (AvgIpc) is 2.91. The molecule has 1 amide bonds. The number of amides is 1. The molecule has 2 saturated heterocycles. The number of likely N-dealkylation sites (tertiary alicyclic amines) is 1. The van der Waals surface area contributed by atoms with E-state index >= 15 is 0 Å². The number of nitrogens with two attached hydrogens (primary N) is 1. The van der Waals surface area contributed by atoms with Gasteiger partial charge in [0.15, 0.2) is 0 Å². The van der Waals surface area contributed by atoms with Gasteiger partial charge in [0.25, 0.3) is 0 Å². The Labute approximate surface area is 116 Å². The van der Waals surface area contributed by atoms with Crippen molar-refractivity contribution < 1.29 is 4.79 Å².